The molecule has 0 amide bonds. The first-order chi connectivity index (χ1) is 13.3. The van der Waals surface area contributed by atoms with Gasteiger partial charge in [-0.3, -0.25) is 0 Å². The van der Waals surface area contributed by atoms with Gasteiger partial charge in [0.25, 0.3) is 0 Å². The number of rotatable bonds is 2. The smallest absolute Gasteiger partial charge is 0.0929 e. The fraction of sp³-hybridized carbons (Fsp3) is 0.130. The monoisotopic (exact) mass is 373 g/mol. The van der Waals surface area contributed by atoms with Crippen molar-refractivity contribution in [2.24, 2.45) is 0 Å². The van der Waals surface area contributed by atoms with E-state index < -0.39 is 0 Å². The summed E-state index contributed by atoms with van der Waals surface area (Å²) in [5.74, 6) is 0. The van der Waals surface area contributed by atoms with Crippen molar-refractivity contribution in [3.8, 4) is 0 Å². The minimum Gasteiger partial charge on any atom is -0.339 e. The molecule has 0 radical (unpaired) electrons. The molecule has 0 atom stereocenters. The molecule has 1 saturated heterocycles. The van der Waals surface area contributed by atoms with Crippen molar-refractivity contribution in [1.82, 2.24) is 4.42 Å². The second-order valence-corrected chi connectivity index (χ2v) is 7.44. The third-order valence-electron chi connectivity index (χ3n) is 5.20. The minimum atomic E-state index is 0.688. The molecular formula is C23H20ClN3. The Morgan fingerprint density at radius 2 is 1.22 bits per heavy atom. The highest BCUT2D eigenvalue weighted by Gasteiger charge is 2.24. The molecule has 1 aliphatic rings. The molecular weight excluding hydrogens is 354 g/mol. The van der Waals surface area contributed by atoms with E-state index in [9.17, 15) is 0 Å². The Balaban J connectivity index is 1.63. The standard InChI is InChI=1S/C23H20ClN3/c24-27-16-25(19-9-2-1-3-10-19)15-26(17-27)23-14-18-8-4-5-11-20(18)21-12-6-7-13-22(21)23/h1-14H,15-17H2. The van der Waals surface area contributed by atoms with Crippen LogP contribution in [0, 0.1) is 0 Å². The Morgan fingerprint density at radius 1 is 0.593 bits per heavy atom. The van der Waals surface area contributed by atoms with E-state index in [4.69, 9.17) is 11.8 Å². The van der Waals surface area contributed by atoms with E-state index in [-0.39, 0.29) is 0 Å². The normalized spacial score (nSPS) is 15.6. The molecule has 0 unspecified atom stereocenters. The number of anilines is 2. The van der Waals surface area contributed by atoms with E-state index in [0.717, 1.165) is 6.67 Å². The van der Waals surface area contributed by atoms with Crippen LogP contribution in [-0.4, -0.2) is 24.4 Å². The largest absolute Gasteiger partial charge is 0.339 e. The van der Waals surface area contributed by atoms with Gasteiger partial charge in [0.15, 0.2) is 0 Å². The van der Waals surface area contributed by atoms with Crippen LogP contribution < -0.4 is 9.80 Å². The summed E-state index contributed by atoms with van der Waals surface area (Å²) in [4.78, 5) is 4.64. The highest BCUT2D eigenvalue weighted by Crippen LogP contribution is 2.35. The number of benzene rings is 4. The number of para-hydroxylation sites is 1. The molecule has 27 heavy (non-hydrogen) atoms. The molecule has 0 N–H and O–H groups in total. The van der Waals surface area contributed by atoms with E-state index >= 15 is 0 Å². The molecule has 4 heteroatoms. The van der Waals surface area contributed by atoms with Crippen LogP contribution in [0.1, 0.15) is 0 Å². The van der Waals surface area contributed by atoms with Crippen LogP contribution in [-0.2, 0) is 0 Å². The predicted molar refractivity (Wildman–Crippen MR) is 115 cm³/mol. The molecule has 1 aliphatic heterocycles. The predicted octanol–water partition coefficient (Wildman–Crippen LogP) is 5.65. The number of hydrogen-bond acceptors (Lipinski definition) is 3. The molecule has 4 aromatic rings. The van der Waals surface area contributed by atoms with Gasteiger partial charge in [-0.15, -0.1) is 0 Å². The third-order valence-corrected chi connectivity index (χ3v) is 5.41. The minimum absolute atomic E-state index is 0.688. The Hall–Kier alpha value is -2.75. The van der Waals surface area contributed by atoms with Crippen LogP contribution in [0.5, 0.6) is 0 Å². The molecule has 0 spiro atoms. The number of fused-ring (bicyclic) bond motifs is 3. The topological polar surface area (TPSA) is 9.72 Å². The van der Waals surface area contributed by atoms with Crippen LogP contribution in [0.3, 0.4) is 0 Å². The zero-order chi connectivity index (χ0) is 18.2. The van der Waals surface area contributed by atoms with Gasteiger partial charge in [-0.05, 0) is 46.1 Å². The van der Waals surface area contributed by atoms with Gasteiger partial charge in [-0.25, -0.2) is 0 Å². The average molecular weight is 374 g/mol. The van der Waals surface area contributed by atoms with Gasteiger partial charge in [0.1, 0.15) is 0 Å². The molecule has 3 nitrogen and oxygen atoms in total. The number of halogens is 1. The lowest BCUT2D eigenvalue weighted by molar-refractivity contribution is 0.390. The highest BCUT2D eigenvalue weighted by atomic mass is 35.5. The van der Waals surface area contributed by atoms with Crippen molar-refractivity contribution >= 4 is 44.7 Å². The van der Waals surface area contributed by atoms with E-state index in [2.05, 4.69) is 88.7 Å². The van der Waals surface area contributed by atoms with Crippen molar-refractivity contribution < 1.29 is 0 Å². The molecule has 1 heterocycles. The molecule has 0 aliphatic carbocycles. The molecule has 1 fully saturated rings. The second kappa shape index (κ2) is 6.76. The lowest BCUT2D eigenvalue weighted by atomic mass is 10.00. The van der Waals surface area contributed by atoms with Gasteiger partial charge in [-0.2, -0.15) is 4.42 Å². The maximum Gasteiger partial charge on any atom is 0.0929 e. The van der Waals surface area contributed by atoms with Gasteiger partial charge < -0.3 is 9.80 Å². The van der Waals surface area contributed by atoms with Gasteiger partial charge in [0.2, 0.25) is 0 Å². The van der Waals surface area contributed by atoms with Crippen LogP contribution in [0.4, 0.5) is 11.4 Å². The molecule has 0 bridgehead atoms. The first kappa shape index (κ1) is 16.4. The van der Waals surface area contributed by atoms with Crippen molar-refractivity contribution in [2.45, 2.75) is 0 Å². The lowest BCUT2D eigenvalue weighted by Crippen LogP contribution is -2.52. The zero-order valence-corrected chi connectivity index (χ0v) is 15.7. The first-order valence-electron chi connectivity index (χ1n) is 9.16. The van der Waals surface area contributed by atoms with Crippen LogP contribution in [0.15, 0.2) is 84.9 Å². The second-order valence-electron chi connectivity index (χ2n) is 6.96. The van der Waals surface area contributed by atoms with E-state index in [0.29, 0.717) is 13.3 Å². The maximum atomic E-state index is 6.53. The number of hydrogen-bond donors (Lipinski definition) is 0. The van der Waals surface area contributed by atoms with Crippen LogP contribution >= 0.6 is 11.8 Å². The molecule has 4 aromatic carbocycles. The summed E-state index contributed by atoms with van der Waals surface area (Å²) in [6.07, 6.45) is 0. The van der Waals surface area contributed by atoms with Crippen LogP contribution in [0.2, 0.25) is 0 Å². The van der Waals surface area contributed by atoms with E-state index in [1.165, 1.54) is 32.9 Å². The summed E-state index contributed by atoms with van der Waals surface area (Å²) in [6.45, 7) is 2.19. The maximum absolute atomic E-state index is 6.53. The summed E-state index contributed by atoms with van der Waals surface area (Å²) in [5.41, 5.74) is 2.40. The average Bonchev–Trinajstić information content (AvgIpc) is 2.73. The SMILES string of the molecule is ClN1CN(c2ccccc2)CN(c2cc3ccccc3c3ccccc23)C1. The van der Waals surface area contributed by atoms with Crippen molar-refractivity contribution in [3.63, 3.8) is 0 Å². The molecule has 134 valence electrons. The summed E-state index contributed by atoms with van der Waals surface area (Å²) < 4.78 is 1.83. The quantitative estimate of drug-likeness (QED) is 0.332. The van der Waals surface area contributed by atoms with E-state index in [1.807, 2.05) is 10.5 Å². The Bertz CT molecular complexity index is 1100. The summed E-state index contributed by atoms with van der Waals surface area (Å²) in [5, 5.41) is 5.08. The molecule has 0 saturated carbocycles. The molecule has 5 rings (SSSR count). The van der Waals surface area contributed by atoms with Gasteiger partial charge in [0, 0.05) is 16.8 Å². The molecule has 0 aromatic heterocycles. The third kappa shape index (κ3) is 2.99. The Morgan fingerprint density at radius 3 is 2.04 bits per heavy atom. The highest BCUT2D eigenvalue weighted by molar-refractivity contribution is 6.14. The summed E-state index contributed by atoms with van der Waals surface area (Å²) in [7, 11) is 0. The van der Waals surface area contributed by atoms with Gasteiger partial charge in [-0.1, -0.05) is 66.7 Å². The Kier molecular flexibility index (Phi) is 4.12. The van der Waals surface area contributed by atoms with Gasteiger partial charge >= 0.3 is 0 Å². The first-order valence-corrected chi connectivity index (χ1v) is 9.49. The summed E-state index contributed by atoms with van der Waals surface area (Å²) >= 11 is 6.53. The van der Waals surface area contributed by atoms with E-state index in [1.54, 1.807) is 0 Å². The van der Waals surface area contributed by atoms with Crippen molar-refractivity contribution in [3.05, 3.63) is 84.9 Å². The summed E-state index contributed by atoms with van der Waals surface area (Å²) in [6, 6.07) is 29.9. The Labute approximate surface area is 164 Å². The fourth-order valence-electron chi connectivity index (χ4n) is 3.96. The lowest BCUT2D eigenvalue weighted by Gasteiger charge is -2.42. The number of nitrogens with zero attached hydrogens (tertiary/aromatic N) is 3. The van der Waals surface area contributed by atoms with Crippen molar-refractivity contribution in [2.75, 3.05) is 29.8 Å². The van der Waals surface area contributed by atoms with Crippen molar-refractivity contribution in [1.29, 1.82) is 0 Å². The fourth-order valence-corrected chi connectivity index (χ4v) is 4.22. The zero-order valence-electron chi connectivity index (χ0n) is 14.9. The van der Waals surface area contributed by atoms with Gasteiger partial charge in [0.05, 0.1) is 20.0 Å². The van der Waals surface area contributed by atoms with Crippen LogP contribution in [0.25, 0.3) is 21.5 Å².